The summed E-state index contributed by atoms with van der Waals surface area (Å²) >= 11 is 6.16. The molecule has 5 rings (SSSR count). The second-order valence-corrected chi connectivity index (χ2v) is 9.93. The van der Waals surface area contributed by atoms with Gasteiger partial charge in [-0.2, -0.15) is 0 Å². The van der Waals surface area contributed by atoms with Crippen LogP contribution in [0.5, 0.6) is 0 Å². The molecule has 10 heteroatoms. The number of hydrogen-bond donors (Lipinski definition) is 1. The molecule has 1 aliphatic rings. The molecule has 0 atom stereocenters. The van der Waals surface area contributed by atoms with Crippen LogP contribution >= 0.6 is 11.6 Å². The van der Waals surface area contributed by atoms with Crippen LogP contribution < -0.4 is 4.90 Å². The summed E-state index contributed by atoms with van der Waals surface area (Å²) in [5.74, 6) is 1.25. The lowest BCUT2D eigenvalue weighted by atomic mass is 10.0. The molecule has 1 N–H and O–H groups in total. The van der Waals surface area contributed by atoms with Gasteiger partial charge < -0.3 is 14.9 Å². The van der Waals surface area contributed by atoms with Gasteiger partial charge in [0, 0.05) is 35.9 Å². The third-order valence-electron chi connectivity index (χ3n) is 6.73. The SMILES string of the molecule is Cc1nc(N(C(C)C)C2CCN(C(=O)O)CC2)c2nc(-c3ccccc3F)n(-c3ccc(Cl)cc3)c2n1. The number of amides is 1. The fourth-order valence-corrected chi connectivity index (χ4v) is 5.19. The van der Waals surface area contributed by atoms with E-state index < -0.39 is 6.09 Å². The first-order chi connectivity index (χ1) is 17.7. The summed E-state index contributed by atoms with van der Waals surface area (Å²) in [5.41, 5.74) is 2.23. The Morgan fingerprint density at radius 3 is 2.38 bits per heavy atom. The third-order valence-corrected chi connectivity index (χ3v) is 6.98. The molecule has 0 bridgehead atoms. The van der Waals surface area contributed by atoms with Gasteiger partial charge in [-0.25, -0.2) is 24.1 Å². The van der Waals surface area contributed by atoms with Crippen molar-refractivity contribution in [2.45, 2.75) is 45.7 Å². The Kier molecular flexibility index (Phi) is 6.72. The van der Waals surface area contributed by atoms with Gasteiger partial charge in [0.05, 0.1) is 5.56 Å². The van der Waals surface area contributed by atoms with E-state index >= 15 is 4.39 Å². The summed E-state index contributed by atoms with van der Waals surface area (Å²) in [7, 11) is 0. The van der Waals surface area contributed by atoms with Crippen molar-refractivity contribution in [1.29, 1.82) is 0 Å². The van der Waals surface area contributed by atoms with Crippen LogP contribution in [0.3, 0.4) is 0 Å². The van der Waals surface area contributed by atoms with E-state index in [2.05, 4.69) is 18.7 Å². The molecular formula is C27H28ClFN6O2. The van der Waals surface area contributed by atoms with Crippen molar-refractivity contribution in [2.24, 2.45) is 0 Å². The van der Waals surface area contributed by atoms with Crippen LogP contribution in [0.15, 0.2) is 48.5 Å². The van der Waals surface area contributed by atoms with E-state index in [1.807, 2.05) is 23.6 Å². The Hall–Kier alpha value is -3.72. The number of imidazole rings is 1. The molecule has 2 aromatic heterocycles. The summed E-state index contributed by atoms with van der Waals surface area (Å²) in [6.45, 7) is 6.91. The molecule has 3 heterocycles. The highest BCUT2D eigenvalue weighted by Gasteiger charge is 2.32. The number of aryl methyl sites for hydroxylation is 1. The van der Waals surface area contributed by atoms with Crippen LogP contribution in [0.4, 0.5) is 15.0 Å². The number of halogens is 2. The van der Waals surface area contributed by atoms with Gasteiger partial charge in [-0.3, -0.25) is 4.57 Å². The van der Waals surface area contributed by atoms with E-state index in [0.717, 1.165) is 5.69 Å². The smallest absolute Gasteiger partial charge is 0.407 e. The number of benzene rings is 2. The maximum Gasteiger partial charge on any atom is 0.407 e. The van der Waals surface area contributed by atoms with E-state index in [-0.39, 0.29) is 17.9 Å². The van der Waals surface area contributed by atoms with Gasteiger partial charge in [0.2, 0.25) is 0 Å². The zero-order valence-corrected chi connectivity index (χ0v) is 21.7. The van der Waals surface area contributed by atoms with Crippen LogP contribution in [-0.2, 0) is 0 Å². The predicted molar refractivity (Wildman–Crippen MR) is 142 cm³/mol. The van der Waals surface area contributed by atoms with Gasteiger partial charge in [0.25, 0.3) is 0 Å². The lowest BCUT2D eigenvalue weighted by Gasteiger charge is -2.40. The number of nitrogens with zero attached hydrogens (tertiary/aromatic N) is 6. The minimum atomic E-state index is -0.897. The van der Waals surface area contributed by atoms with E-state index in [4.69, 9.17) is 26.6 Å². The third kappa shape index (κ3) is 4.71. The average Bonchev–Trinajstić information content (AvgIpc) is 3.24. The predicted octanol–water partition coefficient (Wildman–Crippen LogP) is 5.94. The van der Waals surface area contributed by atoms with Crippen LogP contribution in [0.1, 0.15) is 32.5 Å². The van der Waals surface area contributed by atoms with Gasteiger partial charge in [0.1, 0.15) is 17.5 Å². The number of carboxylic acid groups (broad SMARTS) is 1. The first kappa shape index (κ1) is 25.0. The second kappa shape index (κ2) is 9.97. The molecule has 1 amide bonds. The van der Waals surface area contributed by atoms with Crippen LogP contribution in [0, 0.1) is 12.7 Å². The van der Waals surface area contributed by atoms with Crippen LogP contribution in [0.2, 0.25) is 5.02 Å². The Balaban J connectivity index is 1.72. The number of rotatable bonds is 5. The highest BCUT2D eigenvalue weighted by atomic mass is 35.5. The number of anilines is 1. The molecule has 0 spiro atoms. The summed E-state index contributed by atoms with van der Waals surface area (Å²) < 4.78 is 16.9. The molecule has 192 valence electrons. The zero-order chi connectivity index (χ0) is 26.3. The number of fused-ring (bicyclic) bond motifs is 1. The molecule has 0 radical (unpaired) electrons. The van der Waals surface area contributed by atoms with Crippen molar-refractivity contribution in [3.05, 3.63) is 65.2 Å². The summed E-state index contributed by atoms with van der Waals surface area (Å²) in [4.78, 5) is 29.6. The lowest BCUT2D eigenvalue weighted by Crippen LogP contribution is -2.49. The van der Waals surface area contributed by atoms with Crippen molar-refractivity contribution in [2.75, 3.05) is 18.0 Å². The number of hydrogen-bond acceptors (Lipinski definition) is 5. The summed E-state index contributed by atoms with van der Waals surface area (Å²) in [6.07, 6.45) is 0.450. The van der Waals surface area contributed by atoms with E-state index in [1.54, 1.807) is 30.3 Å². The average molecular weight is 523 g/mol. The number of likely N-dealkylation sites (tertiary alicyclic amines) is 1. The molecule has 1 fully saturated rings. The van der Waals surface area contributed by atoms with Crippen molar-refractivity contribution < 1.29 is 14.3 Å². The van der Waals surface area contributed by atoms with E-state index in [1.165, 1.54) is 11.0 Å². The van der Waals surface area contributed by atoms with E-state index in [9.17, 15) is 9.90 Å². The highest BCUT2D eigenvalue weighted by Crippen LogP contribution is 2.35. The Labute approximate surface area is 219 Å². The number of aromatic nitrogens is 4. The second-order valence-electron chi connectivity index (χ2n) is 9.50. The van der Waals surface area contributed by atoms with Crippen molar-refractivity contribution >= 4 is 34.7 Å². The first-order valence-corrected chi connectivity index (χ1v) is 12.7. The Morgan fingerprint density at radius 2 is 1.76 bits per heavy atom. The molecule has 8 nitrogen and oxygen atoms in total. The quantitative estimate of drug-likeness (QED) is 0.349. The topological polar surface area (TPSA) is 87.4 Å². The standard InChI is InChI=1S/C27H28ClFN6O2/c1-16(2)34(20-12-14-33(15-13-20)27(36)37)25-23-26(31-17(3)30-25)35(19-10-8-18(28)9-11-19)24(32-23)21-6-4-5-7-22(21)29/h4-11,16,20H,12-15H2,1-3H3,(H,36,37). The van der Waals surface area contributed by atoms with Crippen LogP contribution in [-0.4, -0.2) is 60.8 Å². The molecule has 0 unspecified atom stereocenters. The van der Waals surface area contributed by atoms with Gasteiger partial charge >= 0.3 is 6.09 Å². The molecular weight excluding hydrogens is 495 g/mol. The summed E-state index contributed by atoms with van der Waals surface area (Å²) in [6, 6.07) is 13.9. The largest absolute Gasteiger partial charge is 0.465 e. The molecule has 0 aliphatic carbocycles. The minimum absolute atomic E-state index is 0.0662. The van der Waals surface area contributed by atoms with E-state index in [0.29, 0.717) is 65.1 Å². The Bertz CT molecular complexity index is 1450. The lowest BCUT2D eigenvalue weighted by molar-refractivity contribution is 0.131. The van der Waals surface area contributed by atoms with Crippen molar-refractivity contribution in [3.8, 4) is 17.1 Å². The summed E-state index contributed by atoms with van der Waals surface area (Å²) in [5, 5.41) is 9.99. The maximum atomic E-state index is 15.0. The zero-order valence-electron chi connectivity index (χ0n) is 20.9. The van der Waals surface area contributed by atoms with Gasteiger partial charge in [0.15, 0.2) is 17.0 Å². The maximum absolute atomic E-state index is 15.0. The molecule has 37 heavy (non-hydrogen) atoms. The van der Waals surface area contributed by atoms with Gasteiger partial charge in [-0.15, -0.1) is 0 Å². The Morgan fingerprint density at radius 1 is 1.08 bits per heavy atom. The monoisotopic (exact) mass is 522 g/mol. The fraction of sp³-hybridized carbons (Fsp3) is 0.333. The van der Waals surface area contributed by atoms with Crippen molar-refractivity contribution in [3.63, 3.8) is 0 Å². The number of carbonyl (C=O) groups is 1. The molecule has 1 saturated heterocycles. The minimum Gasteiger partial charge on any atom is -0.465 e. The fourth-order valence-electron chi connectivity index (χ4n) is 5.06. The van der Waals surface area contributed by atoms with Crippen LogP contribution in [0.25, 0.3) is 28.2 Å². The molecule has 0 saturated carbocycles. The highest BCUT2D eigenvalue weighted by molar-refractivity contribution is 6.30. The normalized spacial score (nSPS) is 14.5. The number of piperidine rings is 1. The van der Waals surface area contributed by atoms with Crippen molar-refractivity contribution in [1.82, 2.24) is 24.4 Å². The molecule has 4 aromatic rings. The van der Waals surface area contributed by atoms with Gasteiger partial charge in [-0.1, -0.05) is 23.7 Å². The molecule has 2 aromatic carbocycles. The first-order valence-electron chi connectivity index (χ1n) is 12.3. The molecule has 1 aliphatic heterocycles. The van der Waals surface area contributed by atoms with Gasteiger partial charge in [-0.05, 0) is 70.0 Å².